The van der Waals surface area contributed by atoms with Crippen molar-refractivity contribution >= 4 is 5.78 Å². The van der Waals surface area contributed by atoms with Crippen molar-refractivity contribution in [3.05, 3.63) is 29.8 Å². The second-order valence-corrected chi connectivity index (χ2v) is 3.35. The molecule has 1 radical (unpaired) electrons. The first-order valence-corrected chi connectivity index (χ1v) is 3.86. The van der Waals surface area contributed by atoms with Crippen LogP contribution < -0.4 is 4.74 Å². The first-order valence-electron chi connectivity index (χ1n) is 3.86. The lowest BCUT2D eigenvalue weighted by Crippen LogP contribution is -2.31. The summed E-state index contributed by atoms with van der Waals surface area (Å²) in [5, 5.41) is 0. The van der Waals surface area contributed by atoms with Crippen molar-refractivity contribution in [2.45, 2.75) is 19.4 Å². The van der Waals surface area contributed by atoms with E-state index in [0.717, 1.165) is 0 Å². The monoisotopic (exact) mass is 161 g/mol. The third-order valence-corrected chi connectivity index (χ3v) is 1.96. The Labute approximate surface area is 71.2 Å². The van der Waals surface area contributed by atoms with E-state index in [1.807, 2.05) is 6.07 Å². The predicted molar refractivity (Wildman–Crippen MR) is 44.3 cm³/mol. The smallest absolute Gasteiger partial charge is 0.210 e. The molecule has 1 heterocycles. The summed E-state index contributed by atoms with van der Waals surface area (Å²) in [5.41, 5.74) is -0.136. The number of ether oxygens (including phenoxy) is 1. The molecule has 61 valence electrons. The largest absolute Gasteiger partial charge is 0.479 e. The van der Waals surface area contributed by atoms with Crippen LogP contribution in [0, 0.1) is 6.07 Å². The minimum absolute atomic E-state index is 0.0121. The maximum atomic E-state index is 11.6. The van der Waals surface area contributed by atoms with Crippen LogP contribution in [0.15, 0.2) is 18.2 Å². The highest BCUT2D eigenvalue weighted by molar-refractivity contribution is 6.06. The molecular weight excluding hydrogens is 152 g/mol. The van der Waals surface area contributed by atoms with E-state index < -0.39 is 5.60 Å². The molecule has 12 heavy (non-hydrogen) atoms. The molecule has 0 saturated heterocycles. The second-order valence-electron chi connectivity index (χ2n) is 3.35. The van der Waals surface area contributed by atoms with Crippen LogP contribution in [0.25, 0.3) is 0 Å². The molecule has 0 saturated carbocycles. The number of carbonyl (C=O) groups is 1. The van der Waals surface area contributed by atoms with Crippen LogP contribution in [-0.4, -0.2) is 11.4 Å². The summed E-state index contributed by atoms with van der Waals surface area (Å²) in [5.74, 6) is 0.658. The molecular formula is C10H9O2. The molecule has 0 N–H and O–H groups in total. The van der Waals surface area contributed by atoms with Crippen LogP contribution in [0.2, 0.25) is 0 Å². The topological polar surface area (TPSA) is 26.3 Å². The van der Waals surface area contributed by atoms with Crippen LogP contribution >= 0.6 is 0 Å². The Hall–Kier alpha value is -1.31. The Morgan fingerprint density at radius 2 is 2.25 bits per heavy atom. The molecule has 0 amide bonds. The summed E-state index contributed by atoms with van der Waals surface area (Å²) >= 11 is 0. The summed E-state index contributed by atoms with van der Waals surface area (Å²) in [6, 6.07) is 8.21. The maximum absolute atomic E-state index is 11.6. The van der Waals surface area contributed by atoms with Crippen molar-refractivity contribution in [2.75, 3.05) is 0 Å². The maximum Gasteiger partial charge on any atom is 0.210 e. The molecule has 0 atom stereocenters. The number of hydrogen-bond donors (Lipinski definition) is 0. The van der Waals surface area contributed by atoms with Gasteiger partial charge in [-0.2, -0.15) is 0 Å². The third-order valence-electron chi connectivity index (χ3n) is 1.96. The zero-order valence-corrected chi connectivity index (χ0v) is 7.05. The Morgan fingerprint density at radius 3 is 2.92 bits per heavy atom. The van der Waals surface area contributed by atoms with Gasteiger partial charge in [0.05, 0.1) is 5.56 Å². The predicted octanol–water partition coefficient (Wildman–Crippen LogP) is 1.84. The zero-order chi connectivity index (χ0) is 8.77. The lowest BCUT2D eigenvalue weighted by molar-refractivity contribution is 0.0684. The minimum atomic E-state index is -0.708. The summed E-state index contributed by atoms with van der Waals surface area (Å²) in [4.78, 5) is 11.6. The van der Waals surface area contributed by atoms with E-state index in [4.69, 9.17) is 4.74 Å². The van der Waals surface area contributed by atoms with Gasteiger partial charge in [0, 0.05) is 0 Å². The Morgan fingerprint density at radius 1 is 1.50 bits per heavy atom. The van der Waals surface area contributed by atoms with E-state index in [-0.39, 0.29) is 5.78 Å². The van der Waals surface area contributed by atoms with Gasteiger partial charge < -0.3 is 4.74 Å². The number of carbonyl (C=O) groups excluding carboxylic acids is 1. The van der Waals surface area contributed by atoms with Gasteiger partial charge in [0.25, 0.3) is 0 Å². The summed E-state index contributed by atoms with van der Waals surface area (Å²) in [6.07, 6.45) is 0. The first-order chi connectivity index (χ1) is 5.61. The first kappa shape index (κ1) is 7.35. The van der Waals surface area contributed by atoms with E-state index in [0.29, 0.717) is 11.3 Å². The normalized spacial score (nSPS) is 18.7. The average molecular weight is 161 g/mol. The molecule has 0 unspecified atom stereocenters. The van der Waals surface area contributed by atoms with E-state index in [2.05, 4.69) is 6.07 Å². The van der Waals surface area contributed by atoms with Gasteiger partial charge in [-0.05, 0) is 26.0 Å². The van der Waals surface area contributed by atoms with Gasteiger partial charge >= 0.3 is 0 Å². The van der Waals surface area contributed by atoms with E-state index in [1.165, 1.54) is 0 Å². The summed E-state index contributed by atoms with van der Waals surface area (Å²) in [6.45, 7) is 3.53. The average Bonchev–Trinajstić information content (AvgIpc) is 2.24. The molecule has 0 aliphatic carbocycles. The number of rotatable bonds is 0. The fourth-order valence-electron chi connectivity index (χ4n) is 1.31. The molecule has 0 bridgehead atoms. The van der Waals surface area contributed by atoms with Gasteiger partial charge in [-0.1, -0.05) is 12.1 Å². The Bertz CT molecular complexity index is 339. The minimum Gasteiger partial charge on any atom is -0.479 e. The van der Waals surface area contributed by atoms with Crippen molar-refractivity contribution in [1.29, 1.82) is 0 Å². The van der Waals surface area contributed by atoms with Gasteiger partial charge in [0.1, 0.15) is 5.75 Å². The van der Waals surface area contributed by atoms with Gasteiger partial charge in [-0.15, -0.1) is 0 Å². The number of ketones is 1. The second kappa shape index (κ2) is 2.09. The number of fused-ring (bicyclic) bond motifs is 1. The van der Waals surface area contributed by atoms with Crippen molar-refractivity contribution in [3.63, 3.8) is 0 Å². The third kappa shape index (κ3) is 0.843. The van der Waals surface area contributed by atoms with Crippen LogP contribution in [-0.2, 0) is 0 Å². The van der Waals surface area contributed by atoms with Crippen LogP contribution in [0.1, 0.15) is 24.2 Å². The SMILES string of the molecule is CC1(C)Oc2ccc[c]c2C1=O. The van der Waals surface area contributed by atoms with Crippen molar-refractivity contribution in [2.24, 2.45) is 0 Å². The molecule has 0 aromatic heterocycles. The van der Waals surface area contributed by atoms with Gasteiger partial charge in [-0.3, -0.25) is 4.79 Å². The van der Waals surface area contributed by atoms with Crippen LogP contribution in [0.5, 0.6) is 5.75 Å². The number of benzene rings is 1. The fraction of sp³-hybridized carbons (Fsp3) is 0.300. The molecule has 0 fully saturated rings. The van der Waals surface area contributed by atoms with E-state index in [1.54, 1.807) is 26.0 Å². The highest BCUT2D eigenvalue weighted by Gasteiger charge is 2.39. The van der Waals surface area contributed by atoms with E-state index in [9.17, 15) is 4.79 Å². The molecule has 0 spiro atoms. The molecule has 1 aliphatic rings. The molecule has 1 aromatic rings. The van der Waals surface area contributed by atoms with Crippen LogP contribution in [0.4, 0.5) is 0 Å². The van der Waals surface area contributed by atoms with Gasteiger partial charge in [0.2, 0.25) is 5.78 Å². The number of Topliss-reactive ketones (excluding diaryl/α,β-unsaturated/α-hetero) is 1. The van der Waals surface area contributed by atoms with Crippen LogP contribution in [0.3, 0.4) is 0 Å². The van der Waals surface area contributed by atoms with E-state index >= 15 is 0 Å². The molecule has 2 rings (SSSR count). The molecule has 1 aromatic carbocycles. The Kier molecular flexibility index (Phi) is 1.28. The van der Waals surface area contributed by atoms with Crippen molar-refractivity contribution in [3.8, 4) is 5.75 Å². The number of hydrogen-bond acceptors (Lipinski definition) is 2. The highest BCUT2D eigenvalue weighted by Crippen LogP contribution is 2.33. The molecule has 1 aliphatic heterocycles. The molecule has 2 nitrogen and oxygen atoms in total. The lowest BCUT2D eigenvalue weighted by Gasteiger charge is -2.14. The molecule has 2 heteroatoms. The quantitative estimate of drug-likeness (QED) is 0.580. The van der Waals surface area contributed by atoms with Gasteiger partial charge in [0.15, 0.2) is 5.60 Å². The van der Waals surface area contributed by atoms with Crippen molar-refractivity contribution in [1.82, 2.24) is 0 Å². The standard InChI is InChI=1S/C10H9O2/c1-10(2)9(11)7-5-3-4-6-8(7)12-10/h3-4,6H,1-2H3. The fourth-order valence-corrected chi connectivity index (χ4v) is 1.31. The zero-order valence-electron chi connectivity index (χ0n) is 7.05. The highest BCUT2D eigenvalue weighted by atomic mass is 16.5. The summed E-state index contributed by atoms with van der Waals surface area (Å²) in [7, 11) is 0. The van der Waals surface area contributed by atoms with Crippen molar-refractivity contribution < 1.29 is 9.53 Å². The Balaban J connectivity index is 2.57. The summed E-state index contributed by atoms with van der Waals surface area (Å²) < 4.78 is 5.43. The van der Waals surface area contributed by atoms with Gasteiger partial charge in [-0.25, -0.2) is 0 Å². The lowest BCUT2D eigenvalue weighted by atomic mass is 10.0.